The first-order chi connectivity index (χ1) is 13.9. The second-order valence-corrected chi connectivity index (χ2v) is 7.96. The highest BCUT2D eigenvalue weighted by molar-refractivity contribution is 6.13. The number of H-pyrrole nitrogens is 1. The lowest BCUT2D eigenvalue weighted by molar-refractivity contribution is 0.0211. The minimum Gasteiger partial charge on any atom is -0.390 e. The van der Waals surface area contributed by atoms with E-state index in [2.05, 4.69) is 26.7 Å². The van der Waals surface area contributed by atoms with Crippen molar-refractivity contribution < 1.29 is 14.6 Å². The van der Waals surface area contributed by atoms with E-state index in [0.29, 0.717) is 43.0 Å². The van der Waals surface area contributed by atoms with Crippen molar-refractivity contribution in [3.63, 3.8) is 0 Å². The molecule has 0 bridgehead atoms. The van der Waals surface area contributed by atoms with Gasteiger partial charge in [0.25, 0.3) is 5.91 Å². The standard InChI is InChI=1S/C21H23N5O3/c1-21(2,28)5-6-23-20(27)15-9-24-17-14-4-3-12(8-22)7-16(14)26-19(17)18(15)25-13-10-29-11-13/h3-4,7,9,13,26,28H,5-6,10-11H2,1-2H3,(H,23,27)(H,24,25). The molecule has 4 N–H and O–H groups in total. The largest absolute Gasteiger partial charge is 0.390 e. The summed E-state index contributed by atoms with van der Waals surface area (Å²) in [5, 5.41) is 26.2. The molecule has 0 saturated carbocycles. The van der Waals surface area contributed by atoms with Gasteiger partial charge in [-0.15, -0.1) is 0 Å². The number of amides is 1. The number of aromatic amines is 1. The van der Waals surface area contributed by atoms with E-state index in [0.717, 1.165) is 21.9 Å². The van der Waals surface area contributed by atoms with E-state index in [1.807, 2.05) is 6.07 Å². The molecule has 1 aliphatic heterocycles. The minimum atomic E-state index is -0.852. The van der Waals surface area contributed by atoms with Gasteiger partial charge in [0.1, 0.15) is 0 Å². The lowest BCUT2D eigenvalue weighted by Gasteiger charge is -2.29. The van der Waals surface area contributed by atoms with Crippen LogP contribution in [0.1, 0.15) is 36.2 Å². The van der Waals surface area contributed by atoms with Crippen molar-refractivity contribution in [3.8, 4) is 6.07 Å². The van der Waals surface area contributed by atoms with Gasteiger partial charge >= 0.3 is 0 Å². The van der Waals surface area contributed by atoms with E-state index in [9.17, 15) is 9.90 Å². The fourth-order valence-electron chi connectivity index (χ4n) is 3.32. The summed E-state index contributed by atoms with van der Waals surface area (Å²) in [5.74, 6) is -0.261. The Morgan fingerprint density at radius 2 is 2.24 bits per heavy atom. The van der Waals surface area contributed by atoms with Crippen molar-refractivity contribution in [1.29, 1.82) is 5.26 Å². The molecule has 1 aromatic carbocycles. The lowest BCUT2D eigenvalue weighted by atomic mass is 10.1. The van der Waals surface area contributed by atoms with E-state index in [1.54, 1.807) is 32.2 Å². The molecule has 1 aliphatic rings. The number of anilines is 1. The molecule has 0 aliphatic carbocycles. The van der Waals surface area contributed by atoms with Crippen LogP contribution >= 0.6 is 0 Å². The van der Waals surface area contributed by atoms with Crippen LogP contribution in [-0.4, -0.2) is 52.4 Å². The average molecular weight is 393 g/mol. The van der Waals surface area contributed by atoms with Crippen LogP contribution in [0, 0.1) is 11.3 Å². The summed E-state index contributed by atoms with van der Waals surface area (Å²) in [6, 6.07) is 7.64. The predicted molar refractivity (Wildman–Crippen MR) is 110 cm³/mol. The molecule has 1 fully saturated rings. The molecule has 0 atom stereocenters. The van der Waals surface area contributed by atoms with Crippen LogP contribution in [0.25, 0.3) is 21.9 Å². The SMILES string of the molecule is CC(C)(O)CCNC(=O)c1cnc2c([nH]c3cc(C#N)ccc32)c1NC1COC1. The maximum Gasteiger partial charge on any atom is 0.255 e. The third kappa shape index (κ3) is 3.88. The van der Waals surface area contributed by atoms with Gasteiger partial charge in [0.15, 0.2) is 0 Å². The fourth-order valence-corrected chi connectivity index (χ4v) is 3.32. The van der Waals surface area contributed by atoms with E-state index in [4.69, 9.17) is 10.00 Å². The smallest absolute Gasteiger partial charge is 0.255 e. The third-order valence-electron chi connectivity index (χ3n) is 5.00. The van der Waals surface area contributed by atoms with Crippen molar-refractivity contribution in [1.82, 2.24) is 15.3 Å². The van der Waals surface area contributed by atoms with E-state index in [1.165, 1.54) is 0 Å². The van der Waals surface area contributed by atoms with Gasteiger partial charge < -0.3 is 25.5 Å². The summed E-state index contributed by atoms with van der Waals surface area (Å²) in [6.45, 7) is 4.90. The highest BCUT2D eigenvalue weighted by Gasteiger charge is 2.24. The molecule has 0 unspecified atom stereocenters. The summed E-state index contributed by atoms with van der Waals surface area (Å²) in [7, 11) is 0. The number of fused-ring (bicyclic) bond motifs is 3. The number of carbonyl (C=O) groups excluding carboxylic acids is 1. The average Bonchev–Trinajstić information content (AvgIpc) is 3.01. The van der Waals surface area contributed by atoms with Gasteiger partial charge in [0.2, 0.25) is 0 Å². The monoisotopic (exact) mass is 393 g/mol. The van der Waals surface area contributed by atoms with E-state index >= 15 is 0 Å². The summed E-state index contributed by atoms with van der Waals surface area (Å²) in [6.07, 6.45) is 2.01. The van der Waals surface area contributed by atoms with Gasteiger partial charge in [0.05, 0.1) is 58.8 Å². The maximum absolute atomic E-state index is 12.8. The molecule has 29 heavy (non-hydrogen) atoms. The molecule has 4 rings (SSSR count). The second-order valence-electron chi connectivity index (χ2n) is 7.96. The number of nitriles is 1. The number of aliphatic hydroxyl groups is 1. The molecule has 0 radical (unpaired) electrons. The minimum absolute atomic E-state index is 0.115. The quantitative estimate of drug-likeness (QED) is 0.510. The normalized spacial score (nSPS) is 14.6. The van der Waals surface area contributed by atoms with Crippen LogP contribution in [-0.2, 0) is 4.74 Å². The molecule has 3 heterocycles. The number of pyridine rings is 1. The topological polar surface area (TPSA) is 123 Å². The number of ether oxygens (including phenoxy) is 1. The number of nitrogens with zero attached hydrogens (tertiary/aromatic N) is 2. The summed E-state index contributed by atoms with van der Waals surface area (Å²) in [4.78, 5) is 20.7. The van der Waals surface area contributed by atoms with Gasteiger partial charge in [-0.05, 0) is 38.5 Å². The maximum atomic E-state index is 12.8. The number of hydrogen-bond acceptors (Lipinski definition) is 6. The van der Waals surface area contributed by atoms with Gasteiger partial charge in [-0.1, -0.05) is 0 Å². The molecular weight excluding hydrogens is 370 g/mol. The van der Waals surface area contributed by atoms with Crippen LogP contribution in [0.15, 0.2) is 24.4 Å². The second kappa shape index (κ2) is 7.35. The van der Waals surface area contributed by atoms with E-state index < -0.39 is 5.60 Å². The van der Waals surface area contributed by atoms with Gasteiger partial charge in [-0.2, -0.15) is 5.26 Å². The molecule has 0 spiro atoms. The third-order valence-corrected chi connectivity index (χ3v) is 5.00. The number of carbonyl (C=O) groups is 1. The number of nitrogens with one attached hydrogen (secondary N) is 3. The molecule has 8 nitrogen and oxygen atoms in total. The molecule has 1 amide bonds. The zero-order chi connectivity index (χ0) is 20.6. The Morgan fingerprint density at radius 3 is 2.90 bits per heavy atom. The molecule has 8 heteroatoms. The Hall–Kier alpha value is -3.15. The van der Waals surface area contributed by atoms with Gasteiger partial charge in [-0.25, -0.2) is 0 Å². The summed E-state index contributed by atoms with van der Waals surface area (Å²) < 4.78 is 5.26. The Balaban J connectivity index is 1.74. The first-order valence-electron chi connectivity index (χ1n) is 9.55. The lowest BCUT2D eigenvalue weighted by Crippen LogP contribution is -2.41. The number of rotatable bonds is 6. The number of benzene rings is 1. The van der Waals surface area contributed by atoms with Crippen LogP contribution in [0.3, 0.4) is 0 Å². The van der Waals surface area contributed by atoms with Crippen molar-refractivity contribution in [3.05, 3.63) is 35.5 Å². The Bertz CT molecular complexity index is 1120. The first kappa shape index (κ1) is 19.2. The summed E-state index contributed by atoms with van der Waals surface area (Å²) in [5.41, 5.74) is 3.04. The van der Waals surface area contributed by atoms with Crippen LogP contribution in [0.5, 0.6) is 0 Å². The Kier molecular flexibility index (Phi) is 4.86. The van der Waals surface area contributed by atoms with Crippen LogP contribution in [0.4, 0.5) is 5.69 Å². The molecule has 1 saturated heterocycles. The zero-order valence-electron chi connectivity index (χ0n) is 16.4. The van der Waals surface area contributed by atoms with Crippen molar-refractivity contribution in [2.75, 3.05) is 25.1 Å². The molecular formula is C21H23N5O3. The fraction of sp³-hybridized carbons (Fsp3) is 0.381. The van der Waals surface area contributed by atoms with Crippen molar-refractivity contribution in [2.45, 2.75) is 31.9 Å². The highest BCUT2D eigenvalue weighted by Crippen LogP contribution is 2.32. The first-order valence-corrected chi connectivity index (χ1v) is 9.55. The van der Waals surface area contributed by atoms with Crippen LogP contribution < -0.4 is 10.6 Å². The molecule has 3 aromatic rings. The number of aromatic nitrogens is 2. The van der Waals surface area contributed by atoms with Crippen molar-refractivity contribution in [2.24, 2.45) is 0 Å². The predicted octanol–water partition coefficient (Wildman–Crippen LogP) is 2.29. The van der Waals surface area contributed by atoms with Crippen LogP contribution in [0.2, 0.25) is 0 Å². The van der Waals surface area contributed by atoms with Crippen molar-refractivity contribution >= 4 is 33.5 Å². The van der Waals surface area contributed by atoms with Gasteiger partial charge in [-0.3, -0.25) is 9.78 Å². The highest BCUT2D eigenvalue weighted by atomic mass is 16.5. The molecule has 150 valence electrons. The number of hydrogen-bond donors (Lipinski definition) is 4. The van der Waals surface area contributed by atoms with Gasteiger partial charge in [0, 0.05) is 23.6 Å². The Morgan fingerprint density at radius 1 is 1.45 bits per heavy atom. The molecule has 2 aromatic heterocycles. The summed E-state index contributed by atoms with van der Waals surface area (Å²) >= 11 is 0. The zero-order valence-corrected chi connectivity index (χ0v) is 16.4. The Labute approximate surface area is 167 Å². The van der Waals surface area contributed by atoms with E-state index in [-0.39, 0.29) is 11.9 Å².